The Balaban J connectivity index is 2.64. The number of carbonyl (C=O) groups excluding carboxylic acids is 2. The molecule has 0 heterocycles. The van der Waals surface area contributed by atoms with Gasteiger partial charge < -0.3 is 9.84 Å². The molecule has 0 saturated heterocycles. The lowest BCUT2D eigenvalue weighted by Gasteiger charge is -2.12. The summed E-state index contributed by atoms with van der Waals surface area (Å²) in [7, 11) is 1.24. The molecule has 0 aromatic carbocycles. The maximum absolute atomic E-state index is 10.8. The number of ketones is 1. The molecule has 0 radical (unpaired) electrons. The molecule has 1 atom stereocenters. The number of methoxy groups -OCH3 is 1. The molecule has 13 heavy (non-hydrogen) atoms. The summed E-state index contributed by atoms with van der Waals surface area (Å²) in [6, 6.07) is 0. The Morgan fingerprint density at radius 2 is 2.46 bits per heavy atom. The lowest BCUT2D eigenvalue weighted by molar-refractivity contribution is -0.135. The number of ether oxygens (including phenoxy) is 1. The number of rotatable bonds is 2. The summed E-state index contributed by atoms with van der Waals surface area (Å²) in [5.41, 5.74) is -1.31. The van der Waals surface area contributed by atoms with Crippen molar-refractivity contribution < 1.29 is 19.4 Å². The van der Waals surface area contributed by atoms with Crippen LogP contribution in [0.5, 0.6) is 0 Å². The van der Waals surface area contributed by atoms with Gasteiger partial charge in [-0.05, 0) is 18.2 Å². The van der Waals surface area contributed by atoms with Crippen molar-refractivity contribution in [3.8, 4) is 0 Å². The number of hydrogen-bond donors (Lipinski definition) is 1. The van der Waals surface area contributed by atoms with Gasteiger partial charge >= 0.3 is 5.97 Å². The summed E-state index contributed by atoms with van der Waals surface area (Å²) in [5, 5.41) is 9.60. The standard InChI is InChI=1S/C9H10O4/c1-13-8(11)3-5-9(12)4-2-7(10)6-9/h2-5,12H,6H2,1H3. The average Bonchev–Trinajstić information content (AvgIpc) is 2.43. The Bertz CT molecular complexity index is 290. The Labute approximate surface area is 75.5 Å². The zero-order chi connectivity index (χ0) is 9.90. The molecule has 0 aromatic heterocycles. The lowest BCUT2D eigenvalue weighted by Crippen LogP contribution is -2.21. The van der Waals surface area contributed by atoms with Gasteiger partial charge in [0.05, 0.1) is 7.11 Å². The summed E-state index contributed by atoms with van der Waals surface area (Å²) < 4.78 is 4.34. The van der Waals surface area contributed by atoms with E-state index in [4.69, 9.17) is 0 Å². The van der Waals surface area contributed by atoms with Gasteiger partial charge in [0.15, 0.2) is 5.78 Å². The van der Waals surface area contributed by atoms with E-state index in [0.717, 1.165) is 6.08 Å². The van der Waals surface area contributed by atoms with Crippen molar-refractivity contribution in [1.82, 2.24) is 0 Å². The normalized spacial score (nSPS) is 27.1. The molecule has 70 valence electrons. The van der Waals surface area contributed by atoms with E-state index in [2.05, 4.69) is 4.74 Å². The van der Waals surface area contributed by atoms with Crippen LogP contribution in [0.25, 0.3) is 0 Å². The van der Waals surface area contributed by atoms with Crippen molar-refractivity contribution in [3.05, 3.63) is 24.3 Å². The summed E-state index contributed by atoms with van der Waals surface area (Å²) in [5.74, 6) is -0.710. The number of carbonyl (C=O) groups is 2. The maximum Gasteiger partial charge on any atom is 0.330 e. The van der Waals surface area contributed by atoms with Crippen LogP contribution in [-0.2, 0) is 14.3 Å². The second-order valence-electron chi connectivity index (χ2n) is 2.82. The van der Waals surface area contributed by atoms with Gasteiger partial charge in [-0.15, -0.1) is 0 Å². The topological polar surface area (TPSA) is 63.6 Å². The van der Waals surface area contributed by atoms with E-state index in [9.17, 15) is 14.7 Å². The molecule has 1 aliphatic carbocycles. The van der Waals surface area contributed by atoms with Crippen LogP contribution in [0.4, 0.5) is 0 Å². The van der Waals surface area contributed by atoms with E-state index in [0.29, 0.717) is 0 Å². The Kier molecular flexibility index (Phi) is 2.63. The zero-order valence-electron chi connectivity index (χ0n) is 7.19. The van der Waals surface area contributed by atoms with Gasteiger partial charge in [-0.3, -0.25) is 4.79 Å². The molecule has 4 nitrogen and oxygen atoms in total. The van der Waals surface area contributed by atoms with Crippen LogP contribution in [0.3, 0.4) is 0 Å². The highest BCUT2D eigenvalue weighted by atomic mass is 16.5. The molecule has 1 N–H and O–H groups in total. The average molecular weight is 182 g/mol. The minimum atomic E-state index is -1.31. The molecule has 1 aliphatic rings. The SMILES string of the molecule is COC(=O)C=CC1(O)C=CC(=O)C1. The Morgan fingerprint density at radius 1 is 1.77 bits per heavy atom. The van der Waals surface area contributed by atoms with E-state index in [1.807, 2.05) is 0 Å². The first-order valence-corrected chi connectivity index (χ1v) is 3.77. The molecule has 0 saturated carbocycles. The van der Waals surface area contributed by atoms with Crippen LogP contribution in [0.15, 0.2) is 24.3 Å². The fourth-order valence-corrected chi connectivity index (χ4v) is 1.03. The molecular weight excluding hydrogens is 172 g/mol. The summed E-state index contributed by atoms with van der Waals surface area (Å²) >= 11 is 0. The summed E-state index contributed by atoms with van der Waals surface area (Å²) in [6.45, 7) is 0. The van der Waals surface area contributed by atoms with Gasteiger partial charge in [-0.25, -0.2) is 4.79 Å². The van der Waals surface area contributed by atoms with E-state index >= 15 is 0 Å². The summed E-state index contributed by atoms with van der Waals surface area (Å²) in [6.07, 6.45) is 4.99. The van der Waals surface area contributed by atoms with Crippen molar-refractivity contribution in [2.45, 2.75) is 12.0 Å². The van der Waals surface area contributed by atoms with Gasteiger partial charge in [0.1, 0.15) is 5.60 Å². The molecule has 0 aliphatic heterocycles. The van der Waals surface area contributed by atoms with Crippen LogP contribution in [0.1, 0.15) is 6.42 Å². The molecule has 0 bridgehead atoms. The molecule has 1 rings (SSSR count). The first-order chi connectivity index (χ1) is 6.06. The Morgan fingerprint density at radius 3 is 2.92 bits per heavy atom. The molecule has 1 unspecified atom stereocenters. The number of esters is 1. The van der Waals surface area contributed by atoms with Crippen molar-refractivity contribution in [2.24, 2.45) is 0 Å². The highest BCUT2D eigenvalue weighted by molar-refractivity contribution is 5.94. The molecule has 0 fully saturated rings. The maximum atomic E-state index is 10.8. The minimum absolute atomic E-state index is 0.0134. The van der Waals surface area contributed by atoms with Crippen LogP contribution in [0, 0.1) is 0 Å². The predicted octanol–water partition coefficient (Wildman–Crippen LogP) is -0.0243. The van der Waals surface area contributed by atoms with E-state index < -0.39 is 11.6 Å². The molecule has 0 amide bonds. The third-order valence-electron chi connectivity index (χ3n) is 1.72. The second-order valence-corrected chi connectivity index (χ2v) is 2.82. The van der Waals surface area contributed by atoms with Crippen LogP contribution < -0.4 is 0 Å². The van der Waals surface area contributed by atoms with Crippen molar-refractivity contribution in [3.63, 3.8) is 0 Å². The largest absolute Gasteiger partial charge is 0.466 e. The number of allylic oxidation sites excluding steroid dienone is 1. The third kappa shape index (κ3) is 2.52. The van der Waals surface area contributed by atoms with Crippen LogP contribution >= 0.6 is 0 Å². The Hall–Kier alpha value is -1.42. The van der Waals surface area contributed by atoms with Gasteiger partial charge in [0.25, 0.3) is 0 Å². The van der Waals surface area contributed by atoms with Gasteiger partial charge in [0.2, 0.25) is 0 Å². The van der Waals surface area contributed by atoms with E-state index in [1.165, 1.54) is 25.3 Å². The second kappa shape index (κ2) is 3.53. The molecule has 0 spiro atoms. The third-order valence-corrected chi connectivity index (χ3v) is 1.72. The zero-order valence-corrected chi connectivity index (χ0v) is 7.19. The van der Waals surface area contributed by atoms with Gasteiger partial charge in [-0.1, -0.05) is 0 Å². The van der Waals surface area contributed by atoms with E-state index in [1.54, 1.807) is 0 Å². The van der Waals surface area contributed by atoms with Gasteiger partial charge in [-0.2, -0.15) is 0 Å². The van der Waals surface area contributed by atoms with Crippen molar-refractivity contribution in [1.29, 1.82) is 0 Å². The lowest BCUT2D eigenvalue weighted by atomic mass is 10.0. The molecule has 0 aromatic rings. The highest BCUT2D eigenvalue weighted by Crippen LogP contribution is 2.21. The predicted molar refractivity (Wildman–Crippen MR) is 44.9 cm³/mol. The smallest absolute Gasteiger partial charge is 0.330 e. The number of aliphatic hydroxyl groups is 1. The number of hydrogen-bond acceptors (Lipinski definition) is 4. The fraction of sp³-hybridized carbons (Fsp3) is 0.333. The first-order valence-electron chi connectivity index (χ1n) is 3.77. The van der Waals surface area contributed by atoms with Crippen molar-refractivity contribution >= 4 is 11.8 Å². The van der Waals surface area contributed by atoms with Crippen molar-refractivity contribution in [2.75, 3.05) is 7.11 Å². The highest BCUT2D eigenvalue weighted by Gasteiger charge is 2.28. The van der Waals surface area contributed by atoms with Gasteiger partial charge in [0, 0.05) is 12.5 Å². The fourth-order valence-electron chi connectivity index (χ4n) is 1.03. The quantitative estimate of drug-likeness (QED) is 0.481. The first kappa shape index (κ1) is 9.67. The minimum Gasteiger partial charge on any atom is -0.466 e. The van der Waals surface area contributed by atoms with E-state index in [-0.39, 0.29) is 12.2 Å². The van der Waals surface area contributed by atoms with Crippen LogP contribution in [0.2, 0.25) is 0 Å². The summed E-state index contributed by atoms with van der Waals surface area (Å²) in [4.78, 5) is 21.4. The monoisotopic (exact) mass is 182 g/mol. The van der Waals surface area contributed by atoms with Crippen LogP contribution in [-0.4, -0.2) is 29.6 Å². The molecule has 4 heteroatoms. The molecular formula is C9H10O4.